The summed E-state index contributed by atoms with van der Waals surface area (Å²) in [5.74, 6) is 1.16. The number of hydrogen-bond donors (Lipinski definition) is 1. The van der Waals surface area contributed by atoms with Crippen LogP contribution < -0.4 is 18.9 Å². The maximum atomic E-state index is 13.6. The highest BCUT2D eigenvalue weighted by atomic mass is 35.5. The third-order valence-corrected chi connectivity index (χ3v) is 7.82. The molecule has 3 aromatic rings. The molecule has 2 heterocycles. The van der Waals surface area contributed by atoms with Gasteiger partial charge in [0.05, 0.1) is 19.2 Å². The third kappa shape index (κ3) is 6.86. The molecular weight excluding hydrogens is 553 g/mol. The van der Waals surface area contributed by atoms with Gasteiger partial charge in [0.2, 0.25) is 0 Å². The summed E-state index contributed by atoms with van der Waals surface area (Å²) in [5.41, 5.74) is 1.62. The standard InChI is InChI=1S/C31H33ClFNO7/c1-37-24-6-3-20(4-7-24)18-39-29-15-28(25(14-26(29)32)30(36)38-2)40-19-23(35)17-34-11-9-31(10-12-34)16-21-13-22(33)5-8-27(21)41-31/h3-8,13-15,23,35H,9-12,16-19H2,1-2H3/t23-/m0/s1. The van der Waals surface area contributed by atoms with Gasteiger partial charge in [0, 0.05) is 50.5 Å². The van der Waals surface area contributed by atoms with Gasteiger partial charge in [0.1, 0.15) is 59.3 Å². The number of fused-ring (bicyclic) bond motifs is 1. The van der Waals surface area contributed by atoms with E-state index in [0.29, 0.717) is 18.7 Å². The minimum absolute atomic E-state index is 0.0492. The molecule has 0 aliphatic carbocycles. The van der Waals surface area contributed by atoms with Crippen molar-refractivity contribution in [1.29, 1.82) is 0 Å². The van der Waals surface area contributed by atoms with E-state index in [-0.39, 0.29) is 41.0 Å². The summed E-state index contributed by atoms with van der Waals surface area (Å²) in [5, 5.41) is 11.0. The lowest BCUT2D eigenvalue weighted by atomic mass is 9.87. The number of hydrogen-bond acceptors (Lipinski definition) is 8. The molecule has 0 radical (unpaired) electrons. The summed E-state index contributed by atoms with van der Waals surface area (Å²) in [7, 11) is 2.87. The lowest BCUT2D eigenvalue weighted by Gasteiger charge is -2.39. The van der Waals surface area contributed by atoms with Crippen molar-refractivity contribution in [3.05, 3.63) is 82.1 Å². The number of benzene rings is 3. The number of rotatable bonds is 10. The first-order valence-corrected chi connectivity index (χ1v) is 13.8. The number of nitrogens with zero attached hydrogens (tertiary/aromatic N) is 1. The van der Waals surface area contributed by atoms with Crippen LogP contribution >= 0.6 is 11.6 Å². The van der Waals surface area contributed by atoms with Crippen molar-refractivity contribution in [2.75, 3.05) is 40.5 Å². The predicted molar refractivity (Wildman–Crippen MR) is 151 cm³/mol. The number of aliphatic hydroxyl groups is 1. The highest BCUT2D eigenvalue weighted by molar-refractivity contribution is 6.32. The average Bonchev–Trinajstić information content (AvgIpc) is 3.33. The number of methoxy groups -OCH3 is 2. The number of ether oxygens (including phenoxy) is 5. The molecule has 1 atom stereocenters. The van der Waals surface area contributed by atoms with E-state index >= 15 is 0 Å². The zero-order valence-corrected chi connectivity index (χ0v) is 23.8. The number of likely N-dealkylation sites (tertiary alicyclic amines) is 1. The van der Waals surface area contributed by atoms with E-state index in [1.165, 1.54) is 25.3 Å². The maximum absolute atomic E-state index is 13.6. The first-order valence-electron chi connectivity index (χ1n) is 13.5. The Balaban J connectivity index is 1.17. The molecule has 1 saturated heterocycles. The molecular formula is C31H33ClFNO7. The second-order valence-electron chi connectivity index (χ2n) is 10.4. The van der Waals surface area contributed by atoms with Gasteiger partial charge in [0.25, 0.3) is 0 Å². The van der Waals surface area contributed by atoms with E-state index in [9.17, 15) is 14.3 Å². The van der Waals surface area contributed by atoms with Gasteiger partial charge in [-0.2, -0.15) is 0 Å². The van der Waals surface area contributed by atoms with Gasteiger partial charge in [-0.15, -0.1) is 0 Å². The van der Waals surface area contributed by atoms with Crippen molar-refractivity contribution in [2.45, 2.75) is 37.6 Å². The van der Waals surface area contributed by atoms with Crippen LogP contribution in [0.1, 0.15) is 34.3 Å². The van der Waals surface area contributed by atoms with Crippen molar-refractivity contribution < 1.29 is 38.0 Å². The maximum Gasteiger partial charge on any atom is 0.341 e. The van der Waals surface area contributed by atoms with Crippen molar-refractivity contribution >= 4 is 17.6 Å². The van der Waals surface area contributed by atoms with Gasteiger partial charge < -0.3 is 33.7 Å². The third-order valence-electron chi connectivity index (χ3n) is 7.52. The Morgan fingerprint density at radius 2 is 1.83 bits per heavy atom. The SMILES string of the molecule is COC(=O)c1cc(Cl)c(OCc2ccc(OC)cc2)cc1OC[C@@H](O)CN1CCC2(CC1)Cc1cc(F)ccc1O2. The van der Waals surface area contributed by atoms with Crippen LogP contribution in [0.2, 0.25) is 5.02 Å². The van der Waals surface area contributed by atoms with Gasteiger partial charge in [-0.05, 0) is 42.0 Å². The Bertz CT molecular complexity index is 1380. The fraction of sp³-hybridized carbons (Fsp3) is 0.387. The van der Waals surface area contributed by atoms with Crippen molar-refractivity contribution in [3.8, 4) is 23.0 Å². The fourth-order valence-electron chi connectivity index (χ4n) is 5.28. The number of carbonyl (C=O) groups is 1. The van der Waals surface area contributed by atoms with Crippen LogP contribution in [0.3, 0.4) is 0 Å². The largest absolute Gasteiger partial charge is 0.497 e. The van der Waals surface area contributed by atoms with Crippen molar-refractivity contribution in [1.82, 2.24) is 4.90 Å². The lowest BCUT2D eigenvalue weighted by molar-refractivity contribution is -0.00205. The molecule has 218 valence electrons. The van der Waals surface area contributed by atoms with E-state index in [1.54, 1.807) is 19.2 Å². The molecule has 8 nitrogen and oxygen atoms in total. The molecule has 0 bridgehead atoms. The van der Waals surface area contributed by atoms with Crippen molar-refractivity contribution in [3.63, 3.8) is 0 Å². The summed E-state index contributed by atoms with van der Waals surface area (Å²) in [6.07, 6.45) is 1.42. The van der Waals surface area contributed by atoms with Crippen molar-refractivity contribution in [2.24, 2.45) is 0 Å². The molecule has 0 amide bonds. The minimum Gasteiger partial charge on any atom is -0.497 e. The van der Waals surface area contributed by atoms with E-state index in [4.69, 9.17) is 35.3 Å². The first-order chi connectivity index (χ1) is 19.8. The molecule has 0 aromatic heterocycles. The quantitative estimate of drug-likeness (QED) is 0.330. The van der Waals surface area contributed by atoms with Gasteiger partial charge in [-0.3, -0.25) is 0 Å². The van der Waals surface area contributed by atoms with Gasteiger partial charge in [0.15, 0.2) is 0 Å². The first kappa shape index (κ1) is 29.0. The summed E-state index contributed by atoms with van der Waals surface area (Å²) < 4.78 is 41.7. The lowest BCUT2D eigenvalue weighted by Crippen LogP contribution is -2.49. The van der Waals surface area contributed by atoms with E-state index in [1.807, 2.05) is 24.3 Å². The predicted octanol–water partition coefficient (Wildman–Crippen LogP) is 5.06. The van der Waals surface area contributed by atoms with Gasteiger partial charge in [-0.1, -0.05) is 23.7 Å². The Kier molecular flexibility index (Phi) is 8.87. The summed E-state index contributed by atoms with van der Waals surface area (Å²) >= 11 is 6.40. The Hall–Kier alpha value is -3.53. The van der Waals surface area contributed by atoms with Crippen LogP contribution in [0.25, 0.3) is 0 Å². The topological polar surface area (TPSA) is 86.7 Å². The molecule has 1 spiro atoms. The molecule has 0 unspecified atom stereocenters. The zero-order valence-electron chi connectivity index (χ0n) is 23.0. The average molecular weight is 586 g/mol. The minimum atomic E-state index is -0.815. The van der Waals surface area contributed by atoms with Gasteiger partial charge in [-0.25, -0.2) is 9.18 Å². The van der Waals surface area contributed by atoms with Crippen LogP contribution in [-0.4, -0.2) is 68.1 Å². The Morgan fingerprint density at radius 3 is 2.54 bits per heavy atom. The van der Waals surface area contributed by atoms with Gasteiger partial charge >= 0.3 is 5.97 Å². The molecule has 10 heteroatoms. The number of aliphatic hydroxyl groups excluding tert-OH is 1. The molecule has 2 aliphatic rings. The molecule has 1 fully saturated rings. The summed E-state index contributed by atoms with van der Waals surface area (Å²) in [6.45, 7) is 2.03. The molecule has 0 saturated carbocycles. The molecule has 1 N–H and O–H groups in total. The number of esters is 1. The van der Waals surface area contributed by atoms with Crippen LogP contribution in [0, 0.1) is 5.82 Å². The normalized spacial score (nSPS) is 16.5. The van der Waals surface area contributed by atoms with Crippen LogP contribution in [0.5, 0.6) is 23.0 Å². The monoisotopic (exact) mass is 585 g/mol. The fourth-order valence-corrected chi connectivity index (χ4v) is 5.50. The number of β-amino-alcohol motifs (C(OH)–C–C–N with tert-alkyl or cyclic N) is 1. The Morgan fingerprint density at radius 1 is 1.07 bits per heavy atom. The van der Waals surface area contributed by atoms with Crippen LogP contribution in [0.4, 0.5) is 4.39 Å². The van der Waals surface area contributed by atoms with E-state index in [0.717, 1.165) is 48.6 Å². The molecule has 41 heavy (non-hydrogen) atoms. The molecule has 3 aromatic carbocycles. The number of carbonyl (C=O) groups excluding carboxylic acids is 1. The van der Waals surface area contributed by atoms with E-state index in [2.05, 4.69) is 4.90 Å². The highest BCUT2D eigenvalue weighted by Crippen LogP contribution is 2.41. The Labute approximate surface area is 243 Å². The molecule has 5 rings (SSSR count). The summed E-state index contributed by atoms with van der Waals surface area (Å²) in [6, 6.07) is 15.1. The smallest absolute Gasteiger partial charge is 0.341 e. The molecule has 2 aliphatic heterocycles. The number of piperidine rings is 1. The highest BCUT2D eigenvalue weighted by Gasteiger charge is 2.42. The summed E-state index contributed by atoms with van der Waals surface area (Å²) in [4.78, 5) is 14.6. The second-order valence-corrected chi connectivity index (χ2v) is 10.8. The second kappa shape index (κ2) is 12.5. The van der Waals surface area contributed by atoms with Crippen LogP contribution in [-0.2, 0) is 17.8 Å². The van der Waals surface area contributed by atoms with Crippen LogP contribution in [0.15, 0.2) is 54.6 Å². The number of halogens is 2. The zero-order chi connectivity index (χ0) is 29.0. The van der Waals surface area contributed by atoms with E-state index < -0.39 is 12.1 Å².